The number of amides is 1. The average Bonchev–Trinajstić information content (AvgIpc) is 2.56. The third-order valence-electron chi connectivity index (χ3n) is 3.34. The number of guanidine groups is 1. The van der Waals surface area contributed by atoms with Gasteiger partial charge in [0.25, 0.3) is 0 Å². The third-order valence-corrected chi connectivity index (χ3v) is 3.34. The third kappa shape index (κ3) is 8.37. The lowest BCUT2D eigenvalue weighted by Gasteiger charge is -2.13. The number of nitrogens with one attached hydrogen (secondary N) is 3. The van der Waals surface area contributed by atoms with Crippen molar-refractivity contribution in [3.63, 3.8) is 0 Å². The van der Waals surface area contributed by atoms with Gasteiger partial charge in [0.1, 0.15) is 5.75 Å². The molecule has 7 heteroatoms. The number of carbonyl (C=O) groups is 1. The SMILES string of the molecule is CN=C(NCCNC(=O)C(C)C)NCCc1ccccc1OC.I. The highest BCUT2D eigenvalue weighted by Gasteiger charge is 2.05. The van der Waals surface area contributed by atoms with Crippen molar-refractivity contribution in [3.05, 3.63) is 29.8 Å². The maximum absolute atomic E-state index is 11.4. The molecule has 0 aliphatic heterocycles. The normalized spacial score (nSPS) is 10.8. The summed E-state index contributed by atoms with van der Waals surface area (Å²) in [5, 5.41) is 9.28. The van der Waals surface area contributed by atoms with E-state index in [0.29, 0.717) is 13.1 Å². The number of nitrogens with zero attached hydrogens (tertiary/aromatic N) is 1. The number of carbonyl (C=O) groups excluding carboxylic acids is 1. The topological polar surface area (TPSA) is 74.8 Å². The van der Waals surface area contributed by atoms with Gasteiger partial charge in [-0.25, -0.2) is 0 Å². The fraction of sp³-hybridized carbons (Fsp3) is 0.529. The van der Waals surface area contributed by atoms with E-state index in [9.17, 15) is 4.79 Å². The summed E-state index contributed by atoms with van der Waals surface area (Å²) in [7, 11) is 3.41. The van der Waals surface area contributed by atoms with E-state index in [-0.39, 0.29) is 35.8 Å². The van der Waals surface area contributed by atoms with Gasteiger partial charge in [0, 0.05) is 32.6 Å². The number of halogens is 1. The summed E-state index contributed by atoms with van der Waals surface area (Å²) in [6, 6.07) is 7.97. The van der Waals surface area contributed by atoms with Gasteiger partial charge in [0.2, 0.25) is 5.91 Å². The molecule has 0 heterocycles. The molecule has 0 bridgehead atoms. The van der Waals surface area contributed by atoms with E-state index in [1.54, 1.807) is 14.2 Å². The number of methoxy groups -OCH3 is 1. The van der Waals surface area contributed by atoms with Gasteiger partial charge in [-0.2, -0.15) is 0 Å². The standard InChI is InChI=1S/C17H28N4O2.HI/c1-13(2)16(22)19-11-12-21-17(18-3)20-10-9-14-7-5-6-8-15(14)23-4;/h5-8,13H,9-12H2,1-4H3,(H,19,22)(H2,18,20,21);1H. The molecule has 0 aromatic heterocycles. The van der Waals surface area contributed by atoms with E-state index in [4.69, 9.17) is 4.74 Å². The number of hydrogen-bond donors (Lipinski definition) is 3. The zero-order chi connectivity index (χ0) is 17.1. The lowest BCUT2D eigenvalue weighted by Crippen LogP contribution is -2.42. The predicted octanol–water partition coefficient (Wildman–Crippen LogP) is 1.79. The van der Waals surface area contributed by atoms with Crippen molar-refractivity contribution in [1.29, 1.82) is 0 Å². The van der Waals surface area contributed by atoms with Crippen molar-refractivity contribution in [1.82, 2.24) is 16.0 Å². The highest BCUT2D eigenvalue weighted by atomic mass is 127. The predicted molar refractivity (Wildman–Crippen MR) is 109 cm³/mol. The molecule has 0 aliphatic carbocycles. The van der Waals surface area contributed by atoms with Crippen molar-refractivity contribution < 1.29 is 9.53 Å². The van der Waals surface area contributed by atoms with E-state index in [0.717, 1.165) is 30.2 Å². The minimum Gasteiger partial charge on any atom is -0.496 e. The van der Waals surface area contributed by atoms with Gasteiger partial charge in [-0.05, 0) is 18.1 Å². The van der Waals surface area contributed by atoms with Gasteiger partial charge < -0.3 is 20.7 Å². The highest BCUT2D eigenvalue weighted by molar-refractivity contribution is 14.0. The van der Waals surface area contributed by atoms with Gasteiger partial charge in [0.15, 0.2) is 5.96 Å². The molecule has 0 radical (unpaired) electrons. The molecular weight excluding hydrogens is 419 g/mol. The Hall–Kier alpha value is -1.51. The molecule has 0 fully saturated rings. The largest absolute Gasteiger partial charge is 0.496 e. The molecule has 1 rings (SSSR count). The van der Waals surface area contributed by atoms with Crippen molar-refractivity contribution >= 4 is 35.8 Å². The summed E-state index contributed by atoms with van der Waals surface area (Å²) in [5.41, 5.74) is 1.15. The first-order chi connectivity index (χ1) is 11.1. The van der Waals surface area contributed by atoms with Crippen LogP contribution in [0.25, 0.3) is 0 Å². The highest BCUT2D eigenvalue weighted by Crippen LogP contribution is 2.17. The van der Waals surface area contributed by atoms with Gasteiger partial charge in [-0.3, -0.25) is 9.79 Å². The summed E-state index contributed by atoms with van der Waals surface area (Å²) >= 11 is 0. The Morgan fingerprint density at radius 3 is 2.38 bits per heavy atom. The van der Waals surface area contributed by atoms with Gasteiger partial charge >= 0.3 is 0 Å². The minimum absolute atomic E-state index is 0. The fourth-order valence-electron chi connectivity index (χ4n) is 2.02. The van der Waals surface area contributed by atoms with E-state index in [2.05, 4.69) is 27.0 Å². The number of rotatable bonds is 8. The van der Waals surface area contributed by atoms with Crippen molar-refractivity contribution in [3.8, 4) is 5.75 Å². The molecule has 0 spiro atoms. The Bertz CT molecular complexity index is 521. The van der Waals surface area contributed by atoms with Gasteiger partial charge in [0.05, 0.1) is 7.11 Å². The molecule has 1 amide bonds. The summed E-state index contributed by atoms with van der Waals surface area (Å²) in [4.78, 5) is 15.6. The van der Waals surface area contributed by atoms with E-state index in [1.165, 1.54) is 0 Å². The van der Waals surface area contributed by atoms with Crippen LogP contribution in [0.2, 0.25) is 0 Å². The summed E-state index contributed by atoms with van der Waals surface area (Å²) in [6.45, 7) is 5.71. The van der Waals surface area contributed by atoms with E-state index < -0.39 is 0 Å². The Balaban J connectivity index is 0.00000529. The van der Waals surface area contributed by atoms with Crippen LogP contribution in [-0.4, -0.2) is 45.7 Å². The van der Waals surface area contributed by atoms with E-state index >= 15 is 0 Å². The summed E-state index contributed by atoms with van der Waals surface area (Å²) in [6.07, 6.45) is 0.842. The monoisotopic (exact) mass is 448 g/mol. The second kappa shape index (κ2) is 12.9. The van der Waals surface area contributed by atoms with E-state index in [1.807, 2.05) is 32.0 Å². The molecule has 0 aliphatic rings. The zero-order valence-electron chi connectivity index (χ0n) is 14.9. The number of benzene rings is 1. The first-order valence-electron chi connectivity index (χ1n) is 7.92. The molecular formula is C17H29IN4O2. The molecule has 3 N–H and O–H groups in total. The van der Waals surface area contributed by atoms with Crippen LogP contribution in [0.5, 0.6) is 5.75 Å². The lowest BCUT2D eigenvalue weighted by molar-refractivity contribution is -0.123. The van der Waals surface area contributed by atoms with Crippen LogP contribution >= 0.6 is 24.0 Å². The molecule has 0 unspecified atom stereocenters. The van der Waals surface area contributed by atoms with Crippen LogP contribution in [-0.2, 0) is 11.2 Å². The van der Waals surface area contributed by atoms with Gasteiger partial charge in [-0.15, -0.1) is 24.0 Å². The number of ether oxygens (including phenoxy) is 1. The van der Waals surface area contributed by atoms with Crippen molar-refractivity contribution in [2.45, 2.75) is 20.3 Å². The number of aliphatic imine (C=N–C) groups is 1. The fourth-order valence-corrected chi connectivity index (χ4v) is 2.02. The maximum Gasteiger partial charge on any atom is 0.222 e. The molecule has 1 aromatic rings. The number of hydrogen-bond acceptors (Lipinski definition) is 3. The number of para-hydroxylation sites is 1. The minimum atomic E-state index is 0. The molecule has 1 aromatic carbocycles. The summed E-state index contributed by atoms with van der Waals surface area (Å²) in [5.74, 6) is 1.69. The molecule has 0 saturated heterocycles. The smallest absolute Gasteiger partial charge is 0.222 e. The van der Waals surface area contributed by atoms with Crippen molar-refractivity contribution in [2.75, 3.05) is 33.8 Å². The zero-order valence-corrected chi connectivity index (χ0v) is 17.2. The van der Waals surface area contributed by atoms with Crippen LogP contribution in [0.3, 0.4) is 0 Å². The molecule has 6 nitrogen and oxygen atoms in total. The van der Waals surface area contributed by atoms with Gasteiger partial charge in [-0.1, -0.05) is 32.0 Å². The Labute approximate surface area is 161 Å². The molecule has 136 valence electrons. The second-order valence-corrected chi connectivity index (χ2v) is 5.43. The van der Waals surface area contributed by atoms with Crippen LogP contribution in [0.4, 0.5) is 0 Å². The molecule has 0 saturated carbocycles. The molecule has 0 atom stereocenters. The maximum atomic E-state index is 11.4. The second-order valence-electron chi connectivity index (χ2n) is 5.43. The van der Waals surface area contributed by atoms with Crippen LogP contribution < -0.4 is 20.7 Å². The average molecular weight is 448 g/mol. The Morgan fingerprint density at radius 2 is 1.75 bits per heavy atom. The summed E-state index contributed by atoms with van der Waals surface area (Å²) < 4.78 is 5.34. The first kappa shape index (κ1) is 22.5. The van der Waals surface area contributed by atoms with Crippen LogP contribution in [0.15, 0.2) is 29.3 Å². The molecule has 24 heavy (non-hydrogen) atoms. The lowest BCUT2D eigenvalue weighted by atomic mass is 10.1. The Morgan fingerprint density at radius 1 is 1.12 bits per heavy atom. The van der Waals surface area contributed by atoms with Crippen LogP contribution in [0, 0.1) is 5.92 Å². The first-order valence-corrected chi connectivity index (χ1v) is 7.92. The van der Waals surface area contributed by atoms with Crippen LogP contribution in [0.1, 0.15) is 19.4 Å². The quantitative estimate of drug-likeness (QED) is 0.246. The van der Waals surface area contributed by atoms with Crippen molar-refractivity contribution in [2.24, 2.45) is 10.9 Å². The Kier molecular flexibility index (Phi) is 12.0.